The van der Waals surface area contributed by atoms with Crippen LogP contribution in [0.1, 0.15) is 36.1 Å². The molecule has 2 saturated heterocycles. The first kappa shape index (κ1) is 22.1. The highest BCUT2D eigenvalue weighted by molar-refractivity contribution is 6.30. The van der Waals surface area contributed by atoms with Crippen LogP contribution in [0.3, 0.4) is 0 Å². The molecule has 0 saturated carbocycles. The molecule has 2 aromatic rings. The Kier molecular flexibility index (Phi) is 5.99. The molecule has 0 bridgehead atoms. The van der Waals surface area contributed by atoms with Gasteiger partial charge in [0, 0.05) is 41.8 Å². The van der Waals surface area contributed by atoms with Crippen LogP contribution in [-0.2, 0) is 17.7 Å². The number of pyridine rings is 1. The molecule has 0 radical (unpaired) electrons. The summed E-state index contributed by atoms with van der Waals surface area (Å²) in [6.45, 7) is 1.59. The molecule has 2 atom stereocenters. The predicted molar refractivity (Wildman–Crippen MR) is 110 cm³/mol. The van der Waals surface area contributed by atoms with E-state index in [2.05, 4.69) is 9.88 Å². The average Bonchev–Trinajstić information content (AvgIpc) is 3.10. The van der Waals surface area contributed by atoms with Crippen LogP contribution in [0.4, 0.5) is 13.2 Å². The van der Waals surface area contributed by atoms with Gasteiger partial charge in [-0.15, -0.1) is 0 Å². The van der Waals surface area contributed by atoms with Crippen molar-refractivity contribution in [3.63, 3.8) is 0 Å². The van der Waals surface area contributed by atoms with E-state index in [0.717, 1.165) is 5.56 Å². The Balaban J connectivity index is 1.56. The van der Waals surface area contributed by atoms with Gasteiger partial charge in [0.05, 0.1) is 12.2 Å². The number of ether oxygens (including phenoxy) is 1. The zero-order valence-electron chi connectivity index (χ0n) is 17.0. The molecule has 31 heavy (non-hydrogen) atoms. The molecule has 164 valence electrons. The van der Waals surface area contributed by atoms with Crippen LogP contribution in [-0.4, -0.2) is 41.4 Å². The van der Waals surface area contributed by atoms with Crippen molar-refractivity contribution in [2.45, 2.75) is 44.0 Å². The Morgan fingerprint density at radius 1 is 1.16 bits per heavy atom. The predicted octanol–water partition coefficient (Wildman–Crippen LogP) is 5.15. The lowest BCUT2D eigenvalue weighted by atomic mass is 9.63. The zero-order chi connectivity index (χ0) is 22.1. The van der Waals surface area contributed by atoms with Crippen LogP contribution >= 0.6 is 11.6 Å². The Hall–Kier alpha value is -2.14. The summed E-state index contributed by atoms with van der Waals surface area (Å²) in [6, 6.07) is 12.8. The van der Waals surface area contributed by atoms with Crippen molar-refractivity contribution in [1.82, 2.24) is 9.88 Å². The monoisotopic (exact) mass is 449 g/mol. The fourth-order valence-corrected chi connectivity index (χ4v) is 5.06. The van der Waals surface area contributed by atoms with Gasteiger partial charge in [-0.1, -0.05) is 23.7 Å². The summed E-state index contributed by atoms with van der Waals surface area (Å²) in [7, 11) is 0. The molecular formula is C23H23ClF3N3O. The molecule has 1 aromatic heterocycles. The van der Waals surface area contributed by atoms with E-state index in [0.29, 0.717) is 55.2 Å². The number of benzene rings is 1. The number of aryl methyl sites for hydroxylation is 1. The number of hydrogen-bond acceptors (Lipinski definition) is 4. The topological polar surface area (TPSA) is 49.1 Å². The lowest BCUT2D eigenvalue weighted by molar-refractivity contribution is -0.366. The number of aromatic nitrogens is 1. The van der Waals surface area contributed by atoms with E-state index in [1.165, 1.54) is 6.20 Å². The Morgan fingerprint density at radius 2 is 1.90 bits per heavy atom. The van der Waals surface area contributed by atoms with Gasteiger partial charge in [-0.2, -0.15) is 18.4 Å². The Labute approximate surface area is 184 Å². The minimum atomic E-state index is -4.43. The second-order valence-corrected chi connectivity index (χ2v) is 8.88. The number of likely N-dealkylation sites (tertiary alicyclic amines) is 1. The second-order valence-electron chi connectivity index (χ2n) is 8.44. The van der Waals surface area contributed by atoms with E-state index in [1.807, 2.05) is 18.2 Å². The lowest BCUT2D eigenvalue weighted by Gasteiger charge is -2.54. The summed E-state index contributed by atoms with van der Waals surface area (Å²) < 4.78 is 48.2. The van der Waals surface area contributed by atoms with Crippen molar-refractivity contribution in [2.24, 2.45) is 5.41 Å². The number of rotatable bonds is 6. The fourth-order valence-electron chi connectivity index (χ4n) is 4.93. The van der Waals surface area contributed by atoms with Crippen molar-refractivity contribution in [2.75, 3.05) is 19.7 Å². The summed E-state index contributed by atoms with van der Waals surface area (Å²) in [4.78, 5) is 6.33. The van der Waals surface area contributed by atoms with E-state index in [9.17, 15) is 13.2 Å². The summed E-state index contributed by atoms with van der Waals surface area (Å²) in [5.74, 6) is 0. The first-order chi connectivity index (χ1) is 14.8. The summed E-state index contributed by atoms with van der Waals surface area (Å²) in [5, 5.41) is 9.56. The van der Waals surface area contributed by atoms with Crippen LogP contribution in [0.2, 0.25) is 5.02 Å². The highest BCUT2D eigenvalue weighted by Crippen LogP contribution is 2.59. The maximum atomic E-state index is 14.3. The standard InChI is InChI=1S/C23H23ClF3N3O/c24-19-4-1-17(2-5-19)15-30-11-9-21(16-30,22(10-12-31-22)23(25,26)27)8-7-20-6-3-18(13-28)14-29-20/h1-6,14H,7-12,15-16H2/t21-,22?/m1/s1. The third kappa shape index (κ3) is 4.17. The normalized spacial score (nSPS) is 26.4. The number of nitriles is 1. The molecule has 4 nitrogen and oxygen atoms in total. The molecule has 8 heteroatoms. The minimum absolute atomic E-state index is 0.00785. The molecule has 0 spiro atoms. The number of halogens is 4. The van der Waals surface area contributed by atoms with E-state index >= 15 is 0 Å². The van der Waals surface area contributed by atoms with Crippen molar-refractivity contribution in [1.29, 1.82) is 5.26 Å². The minimum Gasteiger partial charge on any atom is -0.365 e. The molecule has 2 aliphatic rings. The average molecular weight is 450 g/mol. The van der Waals surface area contributed by atoms with Crippen LogP contribution < -0.4 is 0 Å². The number of nitrogens with zero attached hydrogens (tertiary/aromatic N) is 3. The first-order valence-corrected chi connectivity index (χ1v) is 10.7. The fraction of sp³-hybridized carbons (Fsp3) is 0.478. The highest BCUT2D eigenvalue weighted by Gasteiger charge is 2.71. The molecule has 0 N–H and O–H groups in total. The van der Waals surface area contributed by atoms with Crippen molar-refractivity contribution in [3.05, 3.63) is 64.4 Å². The Bertz CT molecular complexity index is 952. The maximum absolute atomic E-state index is 14.3. The van der Waals surface area contributed by atoms with Gasteiger partial charge < -0.3 is 4.74 Å². The molecule has 1 aromatic carbocycles. The third-order valence-corrected chi connectivity index (χ3v) is 6.93. The lowest BCUT2D eigenvalue weighted by Crippen LogP contribution is -2.67. The molecule has 1 unspecified atom stereocenters. The number of alkyl halides is 3. The largest absolute Gasteiger partial charge is 0.418 e. The van der Waals surface area contributed by atoms with Crippen molar-refractivity contribution < 1.29 is 17.9 Å². The molecule has 0 amide bonds. The van der Waals surface area contributed by atoms with Gasteiger partial charge in [-0.25, -0.2) is 0 Å². The van der Waals surface area contributed by atoms with Gasteiger partial charge in [-0.05, 0) is 55.6 Å². The van der Waals surface area contributed by atoms with Crippen LogP contribution in [0.25, 0.3) is 0 Å². The van der Waals surface area contributed by atoms with Gasteiger partial charge in [-0.3, -0.25) is 9.88 Å². The third-order valence-electron chi connectivity index (χ3n) is 6.68. The van der Waals surface area contributed by atoms with Crippen LogP contribution in [0, 0.1) is 16.7 Å². The zero-order valence-corrected chi connectivity index (χ0v) is 17.7. The molecule has 4 rings (SSSR count). The van der Waals surface area contributed by atoms with E-state index in [4.69, 9.17) is 21.6 Å². The smallest absolute Gasteiger partial charge is 0.365 e. The van der Waals surface area contributed by atoms with Crippen molar-refractivity contribution >= 4 is 11.6 Å². The molecule has 2 fully saturated rings. The summed E-state index contributed by atoms with van der Waals surface area (Å²) in [5.41, 5.74) is -1.01. The number of hydrogen-bond donors (Lipinski definition) is 0. The highest BCUT2D eigenvalue weighted by atomic mass is 35.5. The molecule has 3 heterocycles. The summed E-state index contributed by atoms with van der Waals surface area (Å²) in [6.07, 6.45) is -1.84. The van der Waals surface area contributed by atoms with Gasteiger partial charge in [0.25, 0.3) is 0 Å². The van der Waals surface area contributed by atoms with E-state index in [1.54, 1.807) is 24.3 Å². The molecule has 2 aliphatic heterocycles. The van der Waals surface area contributed by atoms with Gasteiger partial charge in [0.2, 0.25) is 0 Å². The first-order valence-electron chi connectivity index (χ1n) is 10.3. The SMILES string of the molecule is N#Cc1ccc(CC[C@@]2(C3(C(F)(F)F)CCO3)CCN(Cc3ccc(Cl)cc3)C2)nc1. The molecule has 0 aliphatic carbocycles. The Morgan fingerprint density at radius 3 is 2.45 bits per heavy atom. The van der Waals surface area contributed by atoms with Gasteiger partial charge >= 0.3 is 6.18 Å². The molecular weight excluding hydrogens is 427 g/mol. The quantitative estimate of drug-likeness (QED) is 0.611. The van der Waals surface area contributed by atoms with Crippen molar-refractivity contribution in [3.8, 4) is 6.07 Å². The van der Waals surface area contributed by atoms with Crippen LogP contribution in [0.5, 0.6) is 0 Å². The van der Waals surface area contributed by atoms with E-state index in [-0.39, 0.29) is 13.0 Å². The van der Waals surface area contributed by atoms with E-state index < -0.39 is 17.2 Å². The van der Waals surface area contributed by atoms with Gasteiger partial charge in [0.15, 0.2) is 5.60 Å². The maximum Gasteiger partial charge on any atom is 0.418 e. The summed E-state index contributed by atoms with van der Waals surface area (Å²) >= 11 is 5.95. The van der Waals surface area contributed by atoms with Crippen LogP contribution in [0.15, 0.2) is 42.6 Å². The second kappa shape index (κ2) is 8.42. The van der Waals surface area contributed by atoms with Gasteiger partial charge in [0.1, 0.15) is 6.07 Å².